The van der Waals surface area contributed by atoms with Gasteiger partial charge in [-0.05, 0) is 42.1 Å². The maximum atomic E-state index is 12.3. The van der Waals surface area contributed by atoms with Gasteiger partial charge in [0.05, 0.1) is 36.2 Å². The number of methoxy groups -OCH3 is 1. The second-order valence-electron chi connectivity index (χ2n) is 6.71. The number of hydrogen-bond donors (Lipinski definition) is 1. The first-order chi connectivity index (χ1) is 14.7. The average Bonchev–Trinajstić information content (AvgIpc) is 3.44. The van der Waals surface area contributed by atoms with E-state index in [9.17, 15) is 4.79 Å². The molecule has 0 aliphatic heterocycles. The van der Waals surface area contributed by atoms with Crippen LogP contribution in [0.1, 0.15) is 21.9 Å². The topological polar surface area (TPSA) is 65.4 Å². The summed E-state index contributed by atoms with van der Waals surface area (Å²) in [5, 5.41) is 4.87. The number of aromatic nitrogens is 2. The highest BCUT2D eigenvalue weighted by molar-refractivity contribution is 7.12. The molecule has 0 saturated carbocycles. The summed E-state index contributed by atoms with van der Waals surface area (Å²) in [5.74, 6) is 2.32. The summed E-state index contributed by atoms with van der Waals surface area (Å²) in [6.45, 7) is 1.69. The minimum atomic E-state index is -0.0787. The van der Waals surface area contributed by atoms with Crippen LogP contribution in [-0.4, -0.2) is 29.2 Å². The summed E-state index contributed by atoms with van der Waals surface area (Å²) in [5.41, 5.74) is 1.98. The van der Waals surface area contributed by atoms with Crippen LogP contribution in [0.2, 0.25) is 0 Å². The first-order valence-corrected chi connectivity index (χ1v) is 10.7. The van der Waals surface area contributed by atoms with E-state index in [2.05, 4.69) is 16.0 Å². The third kappa shape index (κ3) is 4.63. The molecule has 0 bridgehead atoms. The molecule has 1 amide bonds. The Bertz CT molecular complexity index is 1120. The van der Waals surface area contributed by atoms with Gasteiger partial charge < -0.3 is 19.4 Å². The monoisotopic (exact) mass is 421 g/mol. The van der Waals surface area contributed by atoms with Crippen molar-refractivity contribution in [3.05, 3.63) is 76.7 Å². The molecule has 2 heterocycles. The zero-order valence-corrected chi connectivity index (χ0v) is 17.5. The number of fused-ring (bicyclic) bond motifs is 1. The zero-order valence-electron chi connectivity index (χ0n) is 16.7. The third-order valence-electron chi connectivity index (χ3n) is 4.72. The zero-order chi connectivity index (χ0) is 20.8. The van der Waals surface area contributed by atoms with E-state index in [1.54, 1.807) is 7.11 Å². The van der Waals surface area contributed by atoms with Crippen molar-refractivity contribution in [2.24, 2.45) is 0 Å². The van der Waals surface area contributed by atoms with Crippen molar-refractivity contribution in [2.75, 3.05) is 13.7 Å². The van der Waals surface area contributed by atoms with Gasteiger partial charge in [-0.15, -0.1) is 11.3 Å². The standard InChI is InChI=1S/C23H23N3O3S/c1-28-17-7-4-8-18(15-17)29-13-6-12-26-20-10-3-2-9-19(20)25-22(26)16-24-23(27)21-11-5-14-30-21/h2-5,7-11,14-15H,6,12-13,16H2,1H3,(H,24,27). The summed E-state index contributed by atoms with van der Waals surface area (Å²) in [6, 6.07) is 19.3. The maximum absolute atomic E-state index is 12.3. The Balaban J connectivity index is 1.41. The number of imidazole rings is 1. The van der Waals surface area contributed by atoms with Crippen molar-refractivity contribution in [1.29, 1.82) is 0 Å². The lowest BCUT2D eigenvalue weighted by Crippen LogP contribution is -2.24. The summed E-state index contributed by atoms with van der Waals surface area (Å²) in [4.78, 5) is 17.7. The predicted octanol–water partition coefficient (Wildman–Crippen LogP) is 4.51. The Hall–Kier alpha value is -3.32. The molecule has 0 aliphatic carbocycles. The number of carbonyl (C=O) groups excluding carboxylic acids is 1. The molecule has 154 valence electrons. The van der Waals surface area contributed by atoms with Crippen LogP contribution in [0.4, 0.5) is 0 Å². The molecule has 0 unspecified atom stereocenters. The molecule has 0 radical (unpaired) electrons. The molecular weight excluding hydrogens is 398 g/mol. The van der Waals surface area contributed by atoms with Gasteiger partial charge in [-0.2, -0.15) is 0 Å². The lowest BCUT2D eigenvalue weighted by molar-refractivity contribution is 0.0953. The van der Waals surface area contributed by atoms with Crippen LogP contribution >= 0.6 is 11.3 Å². The van der Waals surface area contributed by atoms with Crippen LogP contribution in [0, 0.1) is 0 Å². The fourth-order valence-electron chi connectivity index (χ4n) is 3.27. The molecule has 7 heteroatoms. The smallest absolute Gasteiger partial charge is 0.261 e. The quantitative estimate of drug-likeness (QED) is 0.404. The first kappa shape index (κ1) is 20.0. The molecule has 4 rings (SSSR count). The highest BCUT2D eigenvalue weighted by atomic mass is 32.1. The number of ether oxygens (including phenoxy) is 2. The van der Waals surface area contributed by atoms with E-state index < -0.39 is 0 Å². The molecule has 0 saturated heterocycles. The Morgan fingerprint density at radius 3 is 2.80 bits per heavy atom. The van der Waals surface area contributed by atoms with Gasteiger partial charge in [-0.25, -0.2) is 4.98 Å². The van der Waals surface area contributed by atoms with Crippen molar-refractivity contribution < 1.29 is 14.3 Å². The van der Waals surface area contributed by atoms with E-state index in [-0.39, 0.29) is 5.91 Å². The van der Waals surface area contributed by atoms with Gasteiger partial charge in [0, 0.05) is 12.6 Å². The normalized spacial score (nSPS) is 10.8. The number of aryl methyl sites for hydroxylation is 1. The van der Waals surface area contributed by atoms with Gasteiger partial charge in [0.1, 0.15) is 17.3 Å². The van der Waals surface area contributed by atoms with Crippen LogP contribution in [0.5, 0.6) is 11.5 Å². The van der Waals surface area contributed by atoms with Crippen molar-refractivity contribution in [2.45, 2.75) is 19.5 Å². The number of para-hydroxylation sites is 2. The summed E-state index contributed by atoms with van der Waals surface area (Å²) >= 11 is 1.43. The molecular formula is C23H23N3O3S. The van der Waals surface area contributed by atoms with E-state index >= 15 is 0 Å². The van der Waals surface area contributed by atoms with E-state index in [0.717, 1.165) is 41.3 Å². The van der Waals surface area contributed by atoms with Crippen LogP contribution < -0.4 is 14.8 Å². The number of carbonyl (C=O) groups is 1. The molecule has 2 aromatic heterocycles. The molecule has 6 nitrogen and oxygen atoms in total. The number of benzene rings is 2. The van der Waals surface area contributed by atoms with E-state index in [4.69, 9.17) is 14.5 Å². The van der Waals surface area contributed by atoms with Crippen molar-refractivity contribution >= 4 is 28.3 Å². The predicted molar refractivity (Wildman–Crippen MR) is 118 cm³/mol. The number of amides is 1. The number of nitrogens with one attached hydrogen (secondary N) is 1. The fourth-order valence-corrected chi connectivity index (χ4v) is 3.91. The summed E-state index contributed by atoms with van der Waals surface area (Å²) < 4.78 is 13.2. The Kier molecular flexibility index (Phi) is 6.29. The minimum absolute atomic E-state index is 0.0787. The van der Waals surface area contributed by atoms with Crippen molar-refractivity contribution in [1.82, 2.24) is 14.9 Å². The van der Waals surface area contributed by atoms with Crippen LogP contribution in [-0.2, 0) is 13.1 Å². The van der Waals surface area contributed by atoms with Gasteiger partial charge in [-0.1, -0.05) is 24.3 Å². The van der Waals surface area contributed by atoms with Crippen LogP contribution in [0.25, 0.3) is 11.0 Å². The Morgan fingerprint density at radius 2 is 1.97 bits per heavy atom. The van der Waals surface area contributed by atoms with Gasteiger partial charge in [0.2, 0.25) is 0 Å². The van der Waals surface area contributed by atoms with E-state index in [0.29, 0.717) is 18.0 Å². The SMILES string of the molecule is COc1cccc(OCCCn2c(CNC(=O)c3cccs3)nc3ccccc32)c1. The van der Waals surface area contributed by atoms with Gasteiger partial charge in [0.15, 0.2) is 0 Å². The lowest BCUT2D eigenvalue weighted by Gasteiger charge is -2.11. The third-order valence-corrected chi connectivity index (χ3v) is 5.59. The second kappa shape index (κ2) is 9.45. The van der Waals surface area contributed by atoms with Gasteiger partial charge >= 0.3 is 0 Å². The average molecular weight is 422 g/mol. The van der Waals surface area contributed by atoms with Gasteiger partial charge in [0.25, 0.3) is 5.91 Å². The fraction of sp³-hybridized carbons (Fsp3) is 0.217. The van der Waals surface area contributed by atoms with Crippen molar-refractivity contribution in [3.8, 4) is 11.5 Å². The van der Waals surface area contributed by atoms with Crippen LogP contribution in [0.15, 0.2) is 66.0 Å². The molecule has 0 atom stereocenters. The lowest BCUT2D eigenvalue weighted by atomic mass is 10.3. The van der Waals surface area contributed by atoms with Gasteiger partial charge in [-0.3, -0.25) is 4.79 Å². The Morgan fingerprint density at radius 1 is 1.10 bits per heavy atom. The highest BCUT2D eigenvalue weighted by Crippen LogP contribution is 2.20. The molecule has 30 heavy (non-hydrogen) atoms. The number of thiophene rings is 1. The highest BCUT2D eigenvalue weighted by Gasteiger charge is 2.13. The number of nitrogens with zero attached hydrogens (tertiary/aromatic N) is 2. The number of rotatable bonds is 9. The molecule has 4 aromatic rings. The van der Waals surface area contributed by atoms with E-state index in [1.165, 1.54) is 11.3 Å². The Labute approximate surface area is 179 Å². The summed E-state index contributed by atoms with van der Waals surface area (Å²) in [7, 11) is 1.64. The number of hydrogen-bond acceptors (Lipinski definition) is 5. The molecule has 2 aromatic carbocycles. The van der Waals surface area contributed by atoms with Crippen molar-refractivity contribution in [3.63, 3.8) is 0 Å². The second-order valence-corrected chi connectivity index (χ2v) is 7.66. The molecule has 1 N–H and O–H groups in total. The minimum Gasteiger partial charge on any atom is -0.497 e. The van der Waals surface area contributed by atoms with Crippen LogP contribution in [0.3, 0.4) is 0 Å². The molecule has 0 spiro atoms. The largest absolute Gasteiger partial charge is 0.497 e. The molecule has 0 aliphatic rings. The maximum Gasteiger partial charge on any atom is 0.261 e. The summed E-state index contributed by atoms with van der Waals surface area (Å²) in [6.07, 6.45) is 0.809. The molecule has 0 fully saturated rings. The first-order valence-electron chi connectivity index (χ1n) is 9.77. The van der Waals surface area contributed by atoms with E-state index in [1.807, 2.05) is 60.0 Å².